The van der Waals surface area contributed by atoms with Crippen molar-refractivity contribution in [2.45, 2.75) is 6.92 Å². The molecule has 0 saturated heterocycles. The third-order valence-corrected chi connectivity index (χ3v) is 2.40. The summed E-state index contributed by atoms with van der Waals surface area (Å²) in [6, 6.07) is 10.1. The molecule has 0 spiro atoms. The highest BCUT2D eigenvalue weighted by Crippen LogP contribution is 2.25. The fourth-order valence-electron chi connectivity index (χ4n) is 1.53. The van der Waals surface area contributed by atoms with Gasteiger partial charge in [0.05, 0.1) is 7.11 Å². The minimum atomic E-state index is 0.913. The van der Waals surface area contributed by atoms with Crippen LogP contribution in [0.4, 0.5) is 0 Å². The Hall–Kier alpha value is -1.83. The van der Waals surface area contributed by atoms with Crippen molar-refractivity contribution in [2.24, 2.45) is 0 Å². The number of ether oxygens (including phenoxy) is 1. The molecule has 0 radical (unpaired) electrons. The maximum absolute atomic E-state index is 5.29. The van der Waals surface area contributed by atoms with Gasteiger partial charge in [-0.15, -0.1) is 0 Å². The number of aryl methyl sites for hydroxylation is 1. The lowest BCUT2D eigenvalue weighted by Crippen LogP contribution is -1.88. The lowest BCUT2D eigenvalue weighted by molar-refractivity contribution is 0.412. The van der Waals surface area contributed by atoms with E-state index in [-0.39, 0.29) is 0 Å². The number of hydrogen-bond acceptors (Lipinski definition) is 2. The highest BCUT2D eigenvalue weighted by Gasteiger charge is 2.01. The molecule has 15 heavy (non-hydrogen) atoms. The van der Waals surface area contributed by atoms with Gasteiger partial charge in [0.2, 0.25) is 0 Å². The van der Waals surface area contributed by atoms with Crippen molar-refractivity contribution in [3.05, 3.63) is 48.3 Å². The third-order valence-electron chi connectivity index (χ3n) is 2.40. The summed E-state index contributed by atoms with van der Waals surface area (Å²) in [6.45, 7) is 2.03. The van der Waals surface area contributed by atoms with Crippen LogP contribution in [0.2, 0.25) is 0 Å². The molecule has 1 aromatic heterocycles. The largest absolute Gasteiger partial charge is 0.496 e. The number of benzene rings is 1. The zero-order valence-corrected chi connectivity index (χ0v) is 8.90. The van der Waals surface area contributed by atoms with Crippen molar-refractivity contribution in [3.8, 4) is 16.9 Å². The van der Waals surface area contributed by atoms with Crippen molar-refractivity contribution in [2.75, 3.05) is 7.11 Å². The van der Waals surface area contributed by atoms with E-state index in [2.05, 4.69) is 17.1 Å². The molecular weight excluding hydrogens is 186 g/mol. The van der Waals surface area contributed by atoms with Crippen LogP contribution >= 0.6 is 0 Å². The summed E-state index contributed by atoms with van der Waals surface area (Å²) in [5, 5.41) is 0. The van der Waals surface area contributed by atoms with Gasteiger partial charge in [-0.1, -0.05) is 18.2 Å². The molecule has 0 bridgehead atoms. The van der Waals surface area contributed by atoms with E-state index in [1.165, 1.54) is 0 Å². The summed E-state index contributed by atoms with van der Waals surface area (Å²) in [6.07, 6.45) is 3.62. The van der Waals surface area contributed by atoms with Gasteiger partial charge >= 0.3 is 0 Å². The summed E-state index contributed by atoms with van der Waals surface area (Å²) < 4.78 is 5.29. The maximum Gasteiger partial charge on any atom is 0.122 e. The van der Waals surface area contributed by atoms with E-state index in [0.717, 1.165) is 22.4 Å². The summed E-state index contributed by atoms with van der Waals surface area (Å²) in [7, 11) is 1.69. The summed E-state index contributed by atoms with van der Waals surface area (Å²) in [5.74, 6) is 0.913. The molecule has 2 rings (SSSR count). The SMILES string of the molecule is COc1cc(-c2cccnc2)ccc1C. The second-order valence-corrected chi connectivity index (χ2v) is 3.43. The Morgan fingerprint density at radius 3 is 2.67 bits per heavy atom. The molecule has 76 valence electrons. The number of rotatable bonds is 2. The summed E-state index contributed by atoms with van der Waals surface area (Å²) in [4.78, 5) is 4.10. The van der Waals surface area contributed by atoms with Crippen molar-refractivity contribution in [1.82, 2.24) is 4.98 Å². The van der Waals surface area contributed by atoms with Crippen LogP contribution in [-0.2, 0) is 0 Å². The van der Waals surface area contributed by atoms with Gasteiger partial charge in [0.25, 0.3) is 0 Å². The molecule has 0 aliphatic heterocycles. The van der Waals surface area contributed by atoms with Crippen LogP contribution in [-0.4, -0.2) is 12.1 Å². The molecule has 0 N–H and O–H groups in total. The van der Waals surface area contributed by atoms with E-state index in [4.69, 9.17) is 4.74 Å². The lowest BCUT2D eigenvalue weighted by atomic mass is 10.1. The van der Waals surface area contributed by atoms with E-state index < -0.39 is 0 Å². The van der Waals surface area contributed by atoms with Crippen LogP contribution in [0.25, 0.3) is 11.1 Å². The fraction of sp³-hybridized carbons (Fsp3) is 0.154. The molecule has 0 saturated carbocycles. The second-order valence-electron chi connectivity index (χ2n) is 3.43. The van der Waals surface area contributed by atoms with Crippen LogP contribution in [0.3, 0.4) is 0 Å². The van der Waals surface area contributed by atoms with Crippen molar-refractivity contribution >= 4 is 0 Å². The molecule has 2 heteroatoms. The first-order valence-electron chi connectivity index (χ1n) is 4.86. The number of aromatic nitrogens is 1. The molecule has 0 fully saturated rings. The fourth-order valence-corrected chi connectivity index (χ4v) is 1.53. The monoisotopic (exact) mass is 199 g/mol. The van der Waals surface area contributed by atoms with Gasteiger partial charge < -0.3 is 4.74 Å². The Balaban J connectivity index is 2.46. The number of nitrogens with zero attached hydrogens (tertiary/aromatic N) is 1. The van der Waals surface area contributed by atoms with E-state index in [0.29, 0.717) is 0 Å². The van der Waals surface area contributed by atoms with Gasteiger partial charge in [0, 0.05) is 18.0 Å². The molecule has 1 aromatic carbocycles. The predicted octanol–water partition coefficient (Wildman–Crippen LogP) is 3.07. The van der Waals surface area contributed by atoms with E-state index >= 15 is 0 Å². The maximum atomic E-state index is 5.29. The van der Waals surface area contributed by atoms with E-state index in [1.54, 1.807) is 13.3 Å². The average Bonchev–Trinajstić information content (AvgIpc) is 2.31. The van der Waals surface area contributed by atoms with E-state index in [1.807, 2.05) is 31.3 Å². The first-order valence-corrected chi connectivity index (χ1v) is 4.86. The standard InChI is InChI=1S/C13H13NO/c1-10-5-6-11(8-13(10)15-2)12-4-3-7-14-9-12/h3-9H,1-2H3. The second kappa shape index (κ2) is 4.13. The number of methoxy groups -OCH3 is 1. The van der Waals surface area contributed by atoms with Gasteiger partial charge in [-0.25, -0.2) is 0 Å². The first-order chi connectivity index (χ1) is 7.31. The number of hydrogen-bond donors (Lipinski definition) is 0. The highest BCUT2D eigenvalue weighted by atomic mass is 16.5. The van der Waals surface area contributed by atoms with Gasteiger partial charge in [0.1, 0.15) is 5.75 Å². The zero-order valence-electron chi connectivity index (χ0n) is 8.90. The summed E-state index contributed by atoms with van der Waals surface area (Å²) >= 11 is 0. The Morgan fingerprint density at radius 2 is 2.00 bits per heavy atom. The topological polar surface area (TPSA) is 22.1 Å². The van der Waals surface area contributed by atoms with Crippen molar-refractivity contribution in [3.63, 3.8) is 0 Å². The Kier molecular flexibility index (Phi) is 2.68. The van der Waals surface area contributed by atoms with Crippen molar-refractivity contribution in [1.29, 1.82) is 0 Å². The van der Waals surface area contributed by atoms with Crippen LogP contribution in [0.5, 0.6) is 5.75 Å². The molecule has 0 amide bonds. The molecule has 0 unspecified atom stereocenters. The first kappa shape index (κ1) is 9.71. The molecule has 0 atom stereocenters. The van der Waals surface area contributed by atoms with Crippen LogP contribution < -0.4 is 4.74 Å². The highest BCUT2D eigenvalue weighted by molar-refractivity contribution is 5.65. The van der Waals surface area contributed by atoms with Gasteiger partial charge in [0.15, 0.2) is 0 Å². The van der Waals surface area contributed by atoms with Crippen LogP contribution in [0.15, 0.2) is 42.7 Å². The molecule has 1 heterocycles. The van der Waals surface area contributed by atoms with E-state index in [9.17, 15) is 0 Å². The normalized spacial score (nSPS) is 10.0. The zero-order chi connectivity index (χ0) is 10.7. The van der Waals surface area contributed by atoms with Gasteiger partial charge in [-0.3, -0.25) is 4.98 Å². The molecule has 0 aliphatic rings. The quantitative estimate of drug-likeness (QED) is 0.741. The number of pyridine rings is 1. The lowest BCUT2D eigenvalue weighted by Gasteiger charge is -2.07. The Labute approximate surface area is 89.6 Å². The predicted molar refractivity (Wildman–Crippen MR) is 61.0 cm³/mol. The molecule has 2 aromatic rings. The smallest absolute Gasteiger partial charge is 0.122 e. The molecular formula is C13H13NO. The Morgan fingerprint density at radius 1 is 1.13 bits per heavy atom. The van der Waals surface area contributed by atoms with Crippen LogP contribution in [0.1, 0.15) is 5.56 Å². The van der Waals surface area contributed by atoms with Gasteiger partial charge in [-0.05, 0) is 30.2 Å². The minimum Gasteiger partial charge on any atom is -0.496 e. The van der Waals surface area contributed by atoms with Gasteiger partial charge in [-0.2, -0.15) is 0 Å². The minimum absolute atomic E-state index is 0.913. The molecule has 2 nitrogen and oxygen atoms in total. The van der Waals surface area contributed by atoms with Crippen molar-refractivity contribution < 1.29 is 4.74 Å². The van der Waals surface area contributed by atoms with Crippen LogP contribution in [0, 0.1) is 6.92 Å². The molecule has 0 aliphatic carbocycles. The average molecular weight is 199 g/mol. The Bertz CT molecular complexity index is 451. The summed E-state index contributed by atoms with van der Waals surface area (Å²) in [5.41, 5.74) is 3.38. The third kappa shape index (κ3) is 1.99.